The Bertz CT molecular complexity index is 267. The van der Waals surface area contributed by atoms with Crippen molar-refractivity contribution in [3.05, 3.63) is 0 Å². The van der Waals surface area contributed by atoms with Gasteiger partial charge in [-0.25, -0.2) is 0 Å². The Morgan fingerprint density at radius 3 is 2.74 bits per heavy atom. The highest BCUT2D eigenvalue weighted by atomic mass is 16.5. The minimum atomic E-state index is 0.424. The van der Waals surface area contributed by atoms with Gasteiger partial charge in [-0.1, -0.05) is 27.2 Å². The molecule has 3 nitrogen and oxygen atoms in total. The van der Waals surface area contributed by atoms with Crippen LogP contribution in [-0.4, -0.2) is 49.8 Å². The van der Waals surface area contributed by atoms with Gasteiger partial charge in [-0.3, -0.25) is 4.90 Å². The summed E-state index contributed by atoms with van der Waals surface area (Å²) < 4.78 is 5.78. The van der Waals surface area contributed by atoms with Crippen LogP contribution < -0.4 is 5.32 Å². The van der Waals surface area contributed by atoms with Crippen LogP contribution in [0.1, 0.15) is 52.9 Å². The van der Waals surface area contributed by atoms with Crippen LogP contribution in [0, 0.1) is 5.41 Å². The molecule has 112 valence electrons. The van der Waals surface area contributed by atoms with Gasteiger partial charge < -0.3 is 10.1 Å². The molecule has 0 aromatic heterocycles. The molecule has 1 heterocycles. The van der Waals surface area contributed by atoms with Crippen LogP contribution in [-0.2, 0) is 4.74 Å². The molecule has 2 atom stereocenters. The third kappa shape index (κ3) is 5.05. The monoisotopic (exact) mass is 268 g/mol. The quantitative estimate of drug-likeness (QED) is 0.732. The van der Waals surface area contributed by atoms with Crippen molar-refractivity contribution in [2.45, 2.75) is 65.0 Å². The number of hydrogen-bond acceptors (Lipinski definition) is 3. The van der Waals surface area contributed by atoms with E-state index in [4.69, 9.17) is 4.74 Å². The molecular formula is C16H32N2O. The largest absolute Gasteiger partial charge is 0.376 e. The van der Waals surface area contributed by atoms with Crippen LogP contribution in [0.15, 0.2) is 0 Å². The fourth-order valence-electron chi connectivity index (χ4n) is 3.22. The molecule has 0 aromatic rings. The molecule has 0 aromatic carbocycles. The Labute approximate surface area is 119 Å². The Morgan fingerprint density at radius 2 is 2.11 bits per heavy atom. The number of hydrogen-bond donors (Lipinski definition) is 1. The van der Waals surface area contributed by atoms with Crippen molar-refractivity contribution in [3.8, 4) is 0 Å². The number of ether oxygens (including phenoxy) is 1. The van der Waals surface area contributed by atoms with E-state index in [1.165, 1.54) is 38.8 Å². The van der Waals surface area contributed by atoms with Gasteiger partial charge in [-0.15, -0.1) is 0 Å². The fraction of sp³-hybridized carbons (Fsp3) is 1.00. The van der Waals surface area contributed by atoms with E-state index in [2.05, 4.69) is 31.0 Å². The smallest absolute Gasteiger partial charge is 0.0700 e. The minimum absolute atomic E-state index is 0.424. The molecule has 1 aliphatic heterocycles. The number of rotatable bonds is 8. The van der Waals surface area contributed by atoms with Crippen molar-refractivity contribution < 1.29 is 4.74 Å². The van der Waals surface area contributed by atoms with Crippen molar-refractivity contribution in [1.82, 2.24) is 10.2 Å². The third-order valence-corrected chi connectivity index (χ3v) is 4.53. The SMILES string of the molecule is CCCC(C)(CNC1CC1)CN1CCOC(CC)C1. The van der Waals surface area contributed by atoms with Gasteiger partial charge in [-0.2, -0.15) is 0 Å². The lowest BCUT2D eigenvalue weighted by molar-refractivity contribution is -0.0417. The van der Waals surface area contributed by atoms with Gasteiger partial charge in [0.25, 0.3) is 0 Å². The summed E-state index contributed by atoms with van der Waals surface area (Å²) in [5, 5.41) is 3.74. The maximum atomic E-state index is 5.78. The zero-order valence-corrected chi connectivity index (χ0v) is 13.1. The van der Waals surface area contributed by atoms with Gasteiger partial charge in [0.15, 0.2) is 0 Å². The summed E-state index contributed by atoms with van der Waals surface area (Å²) in [6.45, 7) is 12.6. The fourth-order valence-corrected chi connectivity index (χ4v) is 3.22. The van der Waals surface area contributed by atoms with Crippen molar-refractivity contribution in [2.24, 2.45) is 5.41 Å². The van der Waals surface area contributed by atoms with Crippen molar-refractivity contribution >= 4 is 0 Å². The van der Waals surface area contributed by atoms with E-state index in [0.717, 1.165) is 32.2 Å². The summed E-state index contributed by atoms with van der Waals surface area (Å²) >= 11 is 0. The summed E-state index contributed by atoms with van der Waals surface area (Å²) in [4.78, 5) is 2.63. The van der Waals surface area contributed by atoms with Crippen LogP contribution >= 0.6 is 0 Å². The summed E-state index contributed by atoms with van der Waals surface area (Å²) in [5.74, 6) is 0. The van der Waals surface area contributed by atoms with Crippen molar-refractivity contribution in [1.29, 1.82) is 0 Å². The molecule has 0 bridgehead atoms. The van der Waals surface area contributed by atoms with E-state index >= 15 is 0 Å². The normalized spacial score (nSPS) is 28.3. The summed E-state index contributed by atoms with van der Waals surface area (Å²) in [6, 6.07) is 0.823. The second-order valence-electron chi connectivity index (χ2n) is 6.85. The molecule has 1 saturated heterocycles. The molecule has 3 heteroatoms. The predicted molar refractivity (Wildman–Crippen MR) is 80.5 cm³/mol. The van der Waals surface area contributed by atoms with Crippen LogP contribution in [0.5, 0.6) is 0 Å². The van der Waals surface area contributed by atoms with Gasteiger partial charge in [-0.05, 0) is 31.1 Å². The van der Waals surface area contributed by atoms with Gasteiger partial charge in [0.05, 0.1) is 12.7 Å². The molecule has 2 aliphatic rings. The molecule has 2 unspecified atom stereocenters. The zero-order valence-electron chi connectivity index (χ0n) is 13.1. The van der Waals surface area contributed by atoms with Gasteiger partial charge in [0.1, 0.15) is 0 Å². The van der Waals surface area contributed by atoms with E-state index in [1.54, 1.807) is 0 Å². The van der Waals surface area contributed by atoms with Crippen LogP contribution in [0.4, 0.5) is 0 Å². The van der Waals surface area contributed by atoms with Crippen molar-refractivity contribution in [3.63, 3.8) is 0 Å². The van der Waals surface area contributed by atoms with Gasteiger partial charge >= 0.3 is 0 Å². The molecule has 1 saturated carbocycles. The highest BCUT2D eigenvalue weighted by Gasteiger charge is 2.31. The summed E-state index contributed by atoms with van der Waals surface area (Å²) in [6.07, 6.45) is 6.97. The third-order valence-electron chi connectivity index (χ3n) is 4.53. The number of nitrogens with zero attached hydrogens (tertiary/aromatic N) is 1. The van der Waals surface area contributed by atoms with E-state index < -0.39 is 0 Å². The molecule has 0 radical (unpaired) electrons. The second kappa shape index (κ2) is 7.05. The van der Waals surface area contributed by atoms with Crippen molar-refractivity contribution in [2.75, 3.05) is 32.8 Å². The predicted octanol–water partition coefficient (Wildman–Crippen LogP) is 2.66. The minimum Gasteiger partial charge on any atom is -0.376 e. The summed E-state index contributed by atoms with van der Waals surface area (Å²) in [5.41, 5.74) is 0.424. The molecular weight excluding hydrogens is 236 g/mol. The lowest BCUT2D eigenvalue weighted by Gasteiger charge is -2.39. The maximum absolute atomic E-state index is 5.78. The molecule has 19 heavy (non-hydrogen) atoms. The van der Waals surface area contributed by atoms with E-state index in [0.29, 0.717) is 11.5 Å². The Balaban J connectivity index is 1.82. The average molecular weight is 268 g/mol. The Hall–Kier alpha value is -0.120. The molecule has 0 amide bonds. The molecule has 2 fully saturated rings. The molecule has 1 aliphatic carbocycles. The Morgan fingerprint density at radius 1 is 1.32 bits per heavy atom. The molecule has 1 N–H and O–H groups in total. The lowest BCUT2D eigenvalue weighted by Crippen LogP contribution is -2.49. The van der Waals surface area contributed by atoms with Crippen LogP contribution in [0.2, 0.25) is 0 Å². The first-order valence-corrected chi connectivity index (χ1v) is 8.22. The van der Waals surface area contributed by atoms with Crippen LogP contribution in [0.25, 0.3) is 0 Å². The number of nitrogens with one attached hydrogen (secondary N) is 1. The first-order valence-electron chi connectivity index (χ1n) is 8.22. The highest BCUT2D eigenvalue weighted by Crippen LogP contribution is 2.27. The van der Waals surface area contributed by atoms with Crippen LogP contribution in [0.3, 0.4) is 0 Å². The van der Waals surface area contributed by atoms with Gasteiger partial charge in [0, 0.05) is 32.2 Å². The first-order chi connectivity index (χ1) is 9.15. The topological polar surface area (TPSA) is 24.5 Å². The highest BCUT2D eigenvalue weighted by molar-refractivity contribution is 4.88. The average Bonchev–Trinajstić information content (AvgIpc) is 3.21. The number of morpholine rings is 1. The van der Waals surface area contributed by atoms with Gasteiger partial charge in [0.2, 0.25) is 0 Å². The van der Waals surface area contributed by atoms with E-state index in [-0.39, 0.29) is 0 Å². The molecule has 0 spiro atoms. The zero-order chi connectivity index (χ0) is 13.7. The second-order valence-corrected chi connectivity index (χ2v) is 6.85. The van der Waals surface area contributed by atoms with E-state index in [9.17, 15) is 0 Å². The lowest BCUT2D eigenvalue weighted by atomic mass is 9.84. The summed E-state index contributed by atoms with van der Waals surface area (Å²) in [7, 11) is 0. The molecule has 2 rings (SSSR count). The van der Waals surface area contributed by atoms with E-state index in [1.807, 2.05) is 0 Å². The standard InChI is InChI=1S/C16H32N2O/c1-4-8-16(3,12-17-14-6-7-14)13-18-9-10-19-15(5-2)11-18/h14-15,17H,4-13H2,1-3H3. The first kappa shape index (κ1) is 15.3. The maximum Gasteiger partial charge on any atom is 0.0700 e. The Kier molecular flexibility index (Phi) is 5.67.